The number of fused-ring (bicyclic) bond motifs is 3. The summed E-state index contributed by atoms with van der Waals surface area (Å²) in [5, 5.41) is 1.39. The minimum Gasteiger partial charge on any atom is -0.358 e. The first-order chi connectivity index (χ1) is 9.66. The molecule has 1 aliphatic carbocycles. The molecule has 3 rings (SSSR count). The molecule has 0 spiro atoms. The van der Waals surface area contributed by atoms with E-state index in [4.69, 9.17) is 0 Å². The van der Waals surface area contributed by atoms with Crippen LogP contribution in [0.2, 0.25) is 0 Å². The van der Waals surface area contributed by atoms with Crippen LogP contribution in [0, 0.1) is 5.41 Å². The number of benzene rings is 1. The molecule has 1 nitrogen and oxygen atoms in total. The van der Waals surface area contributed by atoms with Gasteiger partial charge in [-0.15, -0.1) is 0 Å². The molecule has 0 saturated heterocycles. The van der Waals surface area contributed by atoms with E-state index in [-0.39, 0.29) is 10.8 Å². The Bertz CT molecular complexity index is 715. The third-order valence-electron chi connectivity index (χ3n) is 4.71. The molecule has 1 N–H and O–H groups in total. The predicted molar refractivity (Wildman–Crippen MR) is 92.8 cm³/mol. The van der Waals surface area contributed by atoms with Crippen LogP contribution in [-0.2, 0) is 11.8 Å². The zero-order valence-corrected chi connectivity index (χ0v) is 14.2. The van der Waals surface area contributed by atoms with E-state index in [1.807, 2.05) is 0 Å². The summed E-state index contributed by atoms with van der Waals surface area (Å²) in [6, 6.07) is 6.89. The van der Waals surface area contributed by atoms with Crippen LogP contribution in [0.4, 0.5) is 0 Å². The molecule has 21 heavy (non-hydrogen) atoms. The van der Waals surface area contributed by atoms with Crippen molar-refractivity contribution in [3.05, 3.63) is 40.6 Å². The number of hydrogen-bond donors (Lipinski definition) is 1. The minimum atomic E-state index is 0.198. The molecule has 1 heteroatoms. The van der Waals surface area contributed by atoms with Gasteiger partial charge in [0.2, 0.25) is 0 Å². The van der Waals surface area contributed by atoms with Crippen LogP contribution < -0.4 is 0 Å². The van der Waals surface area contributed by atoms with Gasteiger partial charge in [0.1, 0.15) is 0 Å². The second-order valence-corrected chi connectivity index (χ2v) is 8.45. The van der Waals surface area contributed by atoms with Crippen molar-refractivity contribution in [2.75, 3.05) is 0 Å². The van der Waals surface area contributed by atoms with Crippen molar-refractivity contribution in [2.45, 2.75) is 59.8 Å². The van der Waals surface area contributed by atoms with Gasteiger partial charge in [-0.25, -0.2) is 0 Å². The summed E-state index contributed by atoms with van der Waals surface area (Å²) >= 11 is 0. The summed E-state index contributed by atoms with van der Waals surface area (Å²) in [4.78, 5) is 3.62. The molecule has 1 aliphatic rings. The lowest BCUT2D eigenvalue weighted by molar-refractivity contribution is 0.483. The third-order valence-corrected chi connectivity index (χ3v) is 4.71. The van der Waals surface area contributed by atoms with Gasteiger partial charge in [-0.2, -0.15) is 0 Å². The first kappa shape index (κ1) is 14.4. The molecule has 0 atom stereocenters. The number of rotatable bonds is 0. The van der Waals surface area contributed by atoms with Crippen molar-refractivity contribution in [3.63, 3.8) is 0 Å². The van der Waals surface area contributed by atoms with Crippen LogP contribution in [-0.4, -0.2) is 4.98 Å². The lowest BCUT2D eigenvalue weighted by atomic mass is 9.79. The first-order valence-electron chi connectivity index (χ1n) is 8.02. The Balaban J connectivity index is 2.20. The highest BCUT2D eigenvalue weighted by atomic mass is 14.7. The fourth-order valence-corrected chi connectivity index (χ4v) is 3.19. The fraction of sp³-hybridized carbons (Fsp3) is 0.500. The van der Waals surface area contributed by atoms with Gasteiger partial charge in [0.25, 0.3) is 0 Å². The van der Waals surface area contributed by atoms with Gasteiger partial charge < -0.3 is 4.98 Å². The highest BCUT2D eigenvalue weighted by Crippen LogP contribution is 2.39. The number of aromatic nitrogens is 1. The monoisotopic (exact) mass is 281 g/mol. The first-order valence-corrected chi connectivity index (χ1v) is 8.02. The summed E-state index contributed by atoms with van der Waals surface area (Å²) in [7, 11) is 0. The highest BCUT2D eigenvalue weighted by molar-refractivity contribution is 5.92. The summed E-state index contributed by atoms with van der Waals surface area (Å²) in [6.07, 6.45) is 4.75. The van der Waals surface area contributed by atoms with Gasteiger partial charge >= 0.3 is 0 Å². The molecule has 2 aromatic rings. The van der Waals surface area contributed by atoms with E-state index in [2.05, 4.69) is 70.8 Å². The van der Waals surface area contributed by atoms with Crippen molar-refractivity contribution in [1.82, 2.24) is 4.98 Å². The summed E-state index contributed by atoms with van der Waals surface area (Å²) < 4.78 is 0. The zero-order valence-electron chi connectivity index (χ0n) is 14.2. The maximum atomic E-state index is 3.62. The molecule has 112 valence electrons. The zero-order chi connectivity index (χ0) is 15.4. The molecular formula is C20H27N. The number of nitrogens with one attached hydrogen (secondary N) is 1. The minimum absolute atomic E-state index is 0.198. The molecule has 1 heterocycles. The van der Waals surface area contributed by atoms with Gasteiger partial charge in [0.15, 0.2) is 0 Å². The van der Waals surface area contributed by atoms with E-state index in [0.717, 1.165) is 6.42 Å². The van der Waals surface area contributed by atoms with Crippen molar-refractivity contribution in [3.8, 4) is 0 Å². The van der Waals surface area contributed by atoms with Gasteiger partial charge in [-0.3, -0.25) is 0 Å². The maximum absolute atomic E-state index is 3.62. The maximum Gasteiger partial charge on any atom is 0.0462 e. The highest BCUT2D eigenvalue weighted by Gasteiger charge is 2.24. The van der Waals surface area contributed by atoms with Crippen LogP contribution in [0.3, 0.4) is 0 Å². The second-order valence-electron chi connectivity index (χ2n) is 8.45. The largest absolute Gasteiger partial charge is 0.358 e. The second kappa shape index (κ2) is 4.50. The SMILES string of the molecule is CC(C)(C)C1=Cc2c([nH]c3ccc(C(C)(C)C)cc23)CC1. The lowest BCUT2D eigenvalue weighted by Gasteiger charge is -2.26. The molecule has 0 unspecified atom stereocenters. The van der Waals surface area contributed by atoms with Crippen molar-refractivity contribution < 1.29 is 0 Å². The molecule has 0 aliphatic heterocycles. The van der Waals surface area contributed by atoms with Gasteiger partial charge in [-0.05, 0) is 41.4 Å². The Hall–Kier alpha value is -1.50. The van der Waals surface area contributed by atoms with Crippen molar-refractivity contribution in [2.24, 2.45) is 5.41 Å². The van der Waals surface area contributed by atoms with E-state index in [9.17, 15) is 0 Å². The molecule has 0 bridgehead atoms. The quantitative estimate of drug-likeness (QED) is 0.624. The van der Waals surface area contributed by atoms with Gasteiger partial charge in [-0.1, -0.05) is 59.3 Å². The molecule has 0 radical (unpaired) electrons. The van der Waals surface area contributed by atoms with Crippen molar-refractivity contribution in [1.29, 1.82) is 0 Å². The molecule has 0 amide bonds. The molecule has 1 aromatic carbocycles. The number of hydrogen-bond acceptors (Lipinski definition) is 0. The number of aromatic amines is 1. The Labute approximate surface area is 128 Å². The Morgan fingerprint density at radius 3 is 2.24 bits per heavy atom. The standard InChI is InChI=1S/C20H27N/c1-19(2,3)13-7-9-17-15(11-13)16-12-14(20(4,5)6)8-10-18(16)21-17/h7,9,11-12,21H,8,10H2,1-6H3. The van der Waals surface area contributed by atoms with Gasteiger partial charge in [0.05, 0.1) is 0 Å². The number of aryl methyl sites for hydroxylation is 1. The van der Waals surface area contributed by atoms with Crippen LogP contribution in [0.15, 0.2) is 23.8 Å². The van der Waals surface area contributed by atoms with Crippen LogP contribution in [0.1, 0.15) is 64.8 Å². The van der Waals surface area contributed by atoms with E-state index >= 15 is 0 Å². The molecule has 0 saturated carbocycles. The summed E-state index contributed by atoms with van der Waals surface area (Å²) in [5.74, 6) is 0. The predicted octanol–water partition coefficient (Wildman–Crippen LogP) is 5.84. The normalized spacial score (nSPS) is 16.0. The molecule has 1 aromatic heterocycles. The van der Waals surface area contributed by atoms with E-state index < -0.39 is 0 Å². The topological polar surface area (TPSA) is 15.8 Å². The van der Waals surface area contributed by atoms with E-state index in [1.165, 1.54) is 34.1 Å². The smallest absolute Gasteiger partial charge is 0.0462 e. The Morgan fingerprint density at radius 2 is 1.62 bits per heavy atom. The van der Waals surface area contributed by atoms with Crippen LogP contribution >= 0.6 is 0 Å². The number of H-pyrrole nitrogens is 1. The van der Waals surface area contributed by atoms with Crippen LogP contribution in [0.25, 0.3) is 17.0 Å². The lowest BCUT2D eigenvalue weighted by Crippen LogP contribution is -2.13. The Morgan fingerprint density at radius 1 is 0.905 bits per heavy atom. The average Bonchev–Trinajstić information content (AvgIpc) is 2.73. The number of allylic oxidation sites excluding steroid dienone is 1. The van der Waals surface area contributed by atoms with E-state index in [1.54, 1.807) is 5.57 Å². The van der Waals surface area contributed by atoms with E-state index in [0.29, 0.717) is 0 Å². The summed E-state index contributed by atoms with van der Waals surface area (Å²) in [6.45, 7) is 13.8. The van der Waals surface area contributed by atoms with Gasteiger partial charge in [0, 0.05) is 22.2 Å². The molecule has 0 fully saturated rings. The Kier molecular flexibility index (Phi) is 3.09. The summed E-state index contributed by atoms with van der Waals surface area (Å²) in [5.41, 5.74) is 7.55. The fourth-order valence-electron chi connectivity index (χ4n) is 3.19. The van der Waals surface area contributed by atoms with Crippen LogP contribution in [0.5, 0.6) is 0 Å². The third kappa shape index (κ3) is 2.54. The molecular weight excluding hydrogens is 254 g/mol. The van der Waals surface area contributed by atoms with Crippen molar-refractivity contribution >= 4 is 17.0 Å². The average molecular weight is 281 g/mol.